The molecule has 2 heterocycles. The van der Waals surface area contributed by atoms with Crippen LogP contribution >= 0.6 is 11.8 Å². The van der Waals surface area contributed by atoms with Crippen molar-refractivity contribution in [3.63, 3.8) is 0 Å². The lowest BCUT2D eigenvalue weighted by Gasteiger charge is -2.26. The van der Waals surface area contributed by atoms with Crippen LogP contribution in [0.1, 0.15) is 27.2 Å². The zero-order chi connectivity index (χ0) is 16.3. The number of rotatable bonds is 3. The summed E-state index contributed by atoms with van der Waals surface area (Å²) in [5, 5.41) is 2.63. The van der Waals surface area contributed by atoms with Crippen LogP contribution in [0.15, 0.2) is 18.3 Å². The second-order valence-corrected chi connectivity index (χ2v) is 7.47. The van der Waals surface area contributed by atoms with E-state index < -0.39 is 11.9 Å². The molecule has 1 aliphatic heterocycles. The third-order valence-corrected chi connectivity index (χ3v) is 4.18. The highest BCUT2D eigenvalue weighted by atomic mass is 32.2. The number of carbonyl (C=O) groups excluding carboxylic acids is 2. The van der Waals surface area contributed by atoms with E-state index in [2.05, 4.69) is 10.3 Å². The van der Waals surface area contributed by atoms with Crippen LogP contribution in [0.3, 0.4) is 0 Å². The molecular formula is C15H20FN3O2S. The Morgan fingerprint density at radius 3 is 2.77 bits per heavy atom. The van der Waals surface area contributed by atoms with Crippen molar-refractivity contribution in [2.24, 2.45) is 5.41 Å². The van der Waals surface area contributed by atoms with Gasteiger partial charge >= 0.3 is 0 Å². The number of halogens is 1. The van der Waals surface area contributed by atoms with Crippen molar-refractivity contribution in [2.45, 2.75) is 33.2 Å². The maximum atomic E-state index is 12.8. The first-order valence-electron chi connectivity index (χ1n) is 7.06. The molecule has 1 fully saturated rings. The maximum absolute atomic E-state index is 12.8. The van der Waals surface area contributed by atoms with Gasteiger partial charge in [-0.15, -0.1) is 11.8 Å². The lowest BCUT2D eigenvalue weighted by Crippen LogP contribution is -2.45. The van der Waals surface area contributed by atoms with Crippen LogP contribution in [0.2, 0.25) is 0 Å². The first kappa shape index (κ1) is 16.7. The van der Waals surface area contributed by atoms with E-state index in [0.717, 1.165) is 6.20 Å². The number of amides is 2. The summed E-state index contributed by atoms with van der Waals surface area (Å²) in [6.45, 7) is 5.98. The number of anilines is 1. The summed E-state index contributed by atoms with van der Waals surface area (Å²) < 4.78 is 12.8. The Hall–Kier alpha value is -1.63. The van der Waals surface area contributed by atoms with Crippen LogP contribution in [0.5, 0.6) is 0 Å². The molecule has 0 radical (unpaired) electrons. The standard InChI is InChI=1S/C15H20FN3O2S/c1-15(2,3)6-13(20)19-9-22-8-11(19)14(21)18-12-5-4-10(16)7-17-12/h4-5,7,11H,6,8-9H2,1-3H3,(H,17,18,21)/t11-/m1/s1. The molecule has 0 spiro atoms. The Morgan fingerprint density at radius 1 is 1.45 bits per heavy atom. The molecular weight excluding hydrogens is 305 g/mol. The Kier molecular flexibility index (Phi) is 5.05. The molecule has 0 saturated carbocycles. The molecule has 7 heteroatoms. The minimum atomic E-state index is -0.508. The molecule has 1 N–H and O–H groups in total. The van der Waals surface area contributed by atoms with Gasteiger partial charge in [-0.1, -0.05) is 20.8 Å². The highest BCUT2D eigenvalue weighted by Crippen LogP contribution is 2.27. The van der Waals surface area contributed by atoms with Crippen LogP contribution in [-0.4, -0.2) is 39.4 Å². The fourth-order valence-corrected chi connectivity index (χ4v) is 3.30. The van der Waals surface area contributed by atoms with E-state index in [9.17, 15) is 14.0 Å². The lowest BCUT2D eigenvalue weighted by molar-refractivity contribution is -0.137. The van der Waals surface area contributed by atoms with E-state index >= 15 is 0 Å². The number of aromatic nitrogens is 1. The molecule has 1 aromatic heterocycles. The molecule has 1 aromatic rings. The highest BCUT2D eigenvalue weighted by molar-refractivity contribution is 7.99. The average Bonchev–Trinajstić information content (AvgIpc) is 2.89. The smallest absolute Gasteiger partial charge is 0.249 e. The van der Waals surface area contributed by atoms with Gasteiger partial charge in [0.05, 0.1) is 12.1 Å². The summed E-state index contributed by atoms with van der Waals surface area (Å²) >= 11 is 1.55. The van der Waals surface area contributed by atoms with Crippen LogP contribution in [0.25, 0.3) is 0 Å². The van der Waals surface area contributed by atoms with E-state index in [4.69, 9.17) is 0 Å². The monoisotopic (exact) mass is 325 g/mol. The number of nitrogens with zero attached hydrogens (tertiary/aromatic N) is 2. The van der Waals surface area contributed by atoms with Gasteiger partial charge in [0.2, 0.25) is 11.8 Å². The van der Waals surface area contributed by atoms with Gasteiger partial charge in [-0.25, -0.2) is 9.37 Å². The summed E-state index contributed by atoms with van der Waals surface area (Å²) in [5.41, 5.74) is -0.121. The SMILES string of the molecule is CC(C)(C)CC(=O)N1CSC[C@@H]1C(=O)Nc1ccc(F)cn1. The van der Waals surface area contributed by atoms with E-state index in [0.29, 0.717) is 18.1 Å². The Labute approximate surface area is 133 Å². The number of pyridine rings is 1. The second-order valence-electron chi connectivity index (χ2n) is 6.47. The number of hydrogen-bond donors (Lipinski definition) is 1. The number of nitrogens with one attached hydrogen (secondary N) is 1. The molecule has 1 atom stereocenters. The second kappa shape index (κ2) is 6.64. The topological polar surface area (TPSA) is 62.3 Å². The van der Waals surface area contributed by atoms with Crippen molar-refractivity contribution in [3.8, 4) is 0 Å². The minimum absolute atomic E-state index is 0.0234. The summed E-state index contributed by atoms with van der Waals surface area (Å²) in [7, 11) is 0. The van der Waals surface area contributed by atoms with Gasteiger partial charge < -0.3 is 10.2 Å². The number of thioether (sulfide) groups is 1. The third-order valence-electron chi connectivity index (χ3n) is 3.17. The molecule has 1 aliphatic rings. The van der Waals surface area contributed by atoms with Gasteiger partial charge in [-0.05, 0) is 17.5 Å². The molecule has 0 aliphatic carbocycles. The summed E-state index contributed by atoms with van der Waals surface area (Å²) in [6.07, 6.45) is 1.44. The van der Waals surface area contributed by atoms with Crippen molar-refractivity contribution in [3.05, 3.63) is 24.1 Å². The predicted octanol–water partition coefficient (Wildman–Crippen LogP) is 2.50. The van der Waals surface area contributed by atoms with Crippen LogP contribution in [-0.2, 0) is 9.59 Å². The van der Waals surface area contributed by atoms with Gasteiger partial charge in [-0.3, -0.25) is 9.59 Å². The Balaban J connectivity index is 2.01. The van der Waals surface area contributed by atoms with Crippen molar-refractivity contribution >= 4 is 29.4 Å². The van der Waals surface area contributed by atoms with Crippen molar-refractivity contribution in [1.82, 2.24) is 9.88 Å². The molecule has 0 unspecified atom stereocenters. The van der Waals surface area contributed by atoms with Crippen LogP contribution in [0.4, 0.5) is 10.2 Å². The van der Waals surface area contributed by atoms with Gasteiger partial charge in [0.1, 0.15) is 17.7 Å². The van der Waals surface area contributed by atoms with Gasteiger partial charge in [0, 0.05) is 12.2 Å². The quantitative estimate of drug-likeness (QED) is 0.927. The molecule has 2 rings (SSSR count). The summed E-state index contributed by atoms with van der Waals surface area (Å²) in [5.74, 6) is 0.589. The maximum Gasteiger partial charge on any atom is 0.249 e. The highest BCUT2D eigenvalue weighted by Gasteiger charge is 2.35. The van der Waals surface area contributed by atoms with Crippen molar-refractivity contribution in [1.29, 1.82) is 0 Å². The third kappa shape index (κ3) is 4.43. The van der Waals surface area contributed by atoms with Crippen molar-refractivity contribution in [2.75, 3.05) is 16.9 Å². The predicted molar refractivity (Wildman–Crippen MR) is 84.9 cm³/mol. The number of carbonyl (C=O) groups is 2. The van der Waals surface area contributed by atoms with Crippen LogP contribution < -0.4 is 5.32 Å². The summed E-state index contributed by atoms with van der Waals surface area (Å²) in [6, 6.07) is 2.12. The number of hydrogen-bond acceptors (Lipinski definition) is 4. The molecule has 22 heavy (non-hydrogen) atoms. The zero-order valence-electron chi connectivity index (χ0n) is 12.9. The zero-order valence-corrected chi connectivity index (χ0v) is 13.7. The van der Waals surface area contributed by atoms with Gasteiger partial charge in [-0.2, -0.15) is 0 Å². The van der Waals surface area contributed by atoms with E-state index in [1.165, 1.54) is 12.1 Å². The minimum Gasteiger partial charge on any atom is -0.321 e. The largest absolute Gasteiger partial charge is 0.321 e. The molecule has 1 saturated heterocycles. The molecule has 120 valence electrons. The molecule has 0 bridgehead atoms. The fraction of sp³-hybridized carbons (Fsp3) is 0.533. The normalized spacial score (nSPS) is 18.4. The Bertz CT molecular complexity index is 557. The molecule has 5 nitrogen and oxygen atoms in total. The van der Waals surface area contributed by atoms with E-state index in [1.807, 2.05) is 20.8 Å². The van der Waals surface area contributed by atoms with E-state index in [-0.39, 0.29) is 23.0 Å². The average molecular weight is 325 g/mol. The lowest BCUT2D eigenvalue weighted by atomic mass is 9.91. The molecule has 0 aromatic carbocycles. The van der Waals surface area contributed by atoms with E-state index in [1.54, 1.807) is 16.7 Å². The fourth-order valence-electron chi connectivity index (χ4n) is 2.12. The Morgan fingerprint density at radius 2 is 2.18 bits per heavy atom. The first-order chi connectivity index (χ1) is 10.3. The van der Waals surface area contributed by atoms with Crippen molar-refractivity contribution < 1.29 is 14.0 Å². The van der Waals surface area contributed by atoms with Gasteiger partial charge in [0.25, 0.3) is 0 Å². The molecule has 2 amide bonds. The van der Waals surface area contributed by atoms with Crippen LogP contribution in [0, 0.1) is 11.2 Å². The van der Waals surface area contributed by atoms with Gasteiger partial charge in [0.15, 0.2) is 0 Å². The summed E-state index contributed by atoms with van der Waals surface area (Å²) in [4.78, 5) is 30.1. The first-order valence-corrected chi connectivity index (χ1v) is 8.21.